The van der Waals surface area contributed by atoms with E-state index in [0.717, 1.165) is 0 Å². The Labute approximate surface area is 152 Å². The van der Waals surface area contributed by atoms with Crippen molar-refractivity contribution in [2.45, 2.75) is 53.4 Å². The van der Waals surface area contributed by atoms with Crippen molar-refractivity contribution in [3.8, 4) is 11.3 Å². The molecule has 0 fully saturated rings. The molecule has 1 heteroatoms. The molecule has 0 spiro atoms. The molecule has 0 aliphatic carbocycles. The molecule has 0 saturated carbocycles. The van der Waals surface area contributed by atoms with Crippen LogP contribution in [0.2, 0.25) is 0 Å². The molecule has 0 unspecified atom stereocenters. The molecule has 0 amide bonds. The van der Waals surface area contributed by atoms with Gasteiger partial charge in [0.25, 0.3) is 0 Å². The minimum Gasteiger partial charge on any atom is -0.200 e. The molecule has 1 heterocycles. The van der Waals surface area contributed by atoms with E-state index in [0.29, 0.717) is 11.8 Å². The summed E-state index contributed by atoms with van der Waals surface area (Å²) in [6.45, 7) is 13.6. The van der Waals surface area contributed by atoms with Crippen molar-refractivity contribution >= 4 is 10.8 Å². The summed E-state index contributed by atoms with van der Waals surface area (Å²) >= 11 is 0. The van der Waals surface area contributed by atoms with Crippen molar-refractivity contribution in [3.05, 3.63) is 64.8 Å². The van der Waals surface area contributed by atoms with Crippen LogP contribution < -0.4 is 4.57 Å². The van der Waals surface area contributed by atoms with Gasteiger partial charge < -0.3 is 0 Å². The van der Waals surface area contributed by atoms with Crippen molar-refractivity contribution in [1.29, 1.82) is 0 Å². The summed E-state index contributed by atoms with van der Waals surface area (Å²) in [7, 11) is 2.16. The van der Waals surface area contributed by atoms with Gasteiger partial charge >= 0.3 is 0 Å². The molecule has 130 valence electrons. The van der Waals surface area contributed by atoms with Crippen LogP contribution in [0, 0.1) is 13.8 Å². The summed E-state index contributed by atoms with van der Waals surface area (Å²) in [5, 5.41) is 2.64. The summed E-state index contributed by atoms with van der Waals surface area (Å²) in [6, 6.07) is 13.8. The van der Waals surface area contributed by atoms with E-state index in [-0.39, 0.29) is 0 Å². The van der Waals surface area contributed by atoms with E-state index >= 15 is 0 Å². The highest BCUT2D eigenvalue weighted by atomic mass is 14.9. The number of rotatable bonds is 3. The van der Waals surface area contributed by atoms with Crippen molar-refractivity contribution in [3.63, 3.8) is 0 Å². The molecule has 0 atom stereocenters. The van der Waals surface area contributed by atoms with Gasteiger partial charge in [-0.2, -0.15) is 0 Å². The third kappa shape index (κ3) is 3.20. The summed E-state index contributed by atoms with van der Waals surface area (Å²) in [4.78, 5) is 0. The van der Waals surface area contributed by atoms with Crippen molar-refractivity contribution in [1.82, 2.24) is 0 Å². The molecular formula is C24H30N+. The molecule has 1 nitrogen and oxygen atoms in total. The molecule has 0 radical (unpaired) electrons. The molecule has 2 aromatic carbocycles. The number of hydrogen-bond acceptors (Lipinski definition) is 0. The average molecular weight is 333 g/mol. The Morgan fingerprint density at radius 2 is 1.56 bits per heavy atom. The SMILES string of the molecule is Cc1ccc2c(-c3cc(C(C)C)cc(C(C)C)c3C)[n+](C)ccc2c1. The van der Waals surface area contributed by atoms with Crippen LogP contribution in [-0.2, 0) is 7.05 Å². The zero-order valence-electron chi connectivity index (χ0n) is 16.6. The lowest BCUT2D eigenvalue weighted by molar-refractivity contribution is -0.659. The highest BCUT2D eigenvalue weighted by molar-refractivity contribution is 5.94. The minimum atomic E-state index is 0.527. The van der Waals surface area contributed by atoms with Gasteiger partial charge in [-0.3, -0.25) is 0 Å². The zero-order valence-corrected chi connectivity index (χ0v) is 16.6. The van der Waals surface area contributed by atoms with Gasteiger partial charge in [0, 0.05) is 6.07 Å². The smallest absolute Gasteiger partial charge is 0.200 e. The summed E-state index contributed by atoms with van der Waals surface area (Å²) in [6.07, 6.45) is 2.19. The first kappa shape index (κ1) is 17.7. The summed E-state index contributed by atoms with van der Waals surface area (Å²) < 4.78 is 2.27. The van der Waals surface area contributed by atoms with Crippen LogP contribution in [0.4, 0.5) is 0 Å². The van der Waals surface area contributed by atoms with Gasteiger partial charge in [0.15, 0.2) is 6.20 Å². The second-order valence-electron chi connectivity index (χ2n) is 7.96. The molecule has 0 saturated heterocycles. The van der Waals surface area contributed by atoms with Crippen molar-refractivity contribution in [2.24, 2.45) is 7.05 Å². The topological polar surface area (TPSA) is 3.88 Å². The Hall–Kier alpha value is -2.15. The second-order valence-corrected chi connectivity index (χ2v) is 7.96. The standard InChI is InChI=1S/C24H30N/c1-15(2)20-13-22(16(3)4)18(6)23(14-20)24-21-9-8-17(5)12-19(21)10-11-25(24)7/h8-16H,1-7H3/q+1. The van der Waals surface area contributed by atoms with Crippen LogP contribution in [0.15, 0.2) is 42.6 Å². The fraction of sp³-hybridized carbons (Fsp3) is 0.375. The Bertz CT molecular complexity index is 932. The van der Waals surface area contributed by atoms with Gasteiger partial charge in [0.2, 0.25) is 5.69 Å². The number of aromatic nitrogens is 1. The molecule has 3 rings (SSSR count). The Kier molecular flexibility index (Phi) is 4.69. The number of hydrogen-bond donors (Lipinski definition) is 0. The number of fused-ring (bicyclic) bond motifs is 1. The molecule has 3 aromatic rings. The quantitative estimate of drug-likeness (QED) is 0.503. The highest BCUT2D eigenvalue weighted by Crippen LogP contribution is 2.35. The minimum absolute atomic E-state index is 0.527. The van der Waals surface area contributed by atoms with Crippen LogP contribution in [0.5, 0.6) is 0 Å². The largest absolute Gasteiger partial charge is 0.220 e. The average Bonchev–Trinajstić information content (AvgIpc) is 2.55. The maximum absolute atomic E-state index is 2.41. The maximum Gasteiger partial charge on any atom is 0.220 e. The highest BCUT2D eigenvalue weighted by Gasteiger charge is 2.21. The van der Waals surface area contributed by atoms with Crippen LogP contribution in [0.1, 0.15) is 61.8 Å². The maximum atomic E-state index is 2.41. The van der Waals surface area contributed by atoms with Gasteiger partial charge in [-0.05, 0) is 59.9 Å². The fourth-order valence-electron chi connectivity index (χ4n) is 3.77. The van der Waals surface area contributed by atoms with E-state index in [9.17, 15) is 0 Å². The molecule has 1 aromatic heterocycles. The lowest BCUT2D eigenvalue weighted by Gasteiger charge is -2.18. The number of pyridine rings is 1. The first-order valence-corrected chi connectivity index (χ1v) is 9.33. The molecular weight excluding hydrogens is 302 g/mol. The Morgan fingerprint density at radius 1 is 0.840 bits per heavy atom. The van der Waals surface area contributed by atoms with Crippen LogP contribution in [0.25, 0.3) is 22.0 Å². The predicted molar refractivity (Wildman–Crippen MR) is 108 cm³/mol. The summed E-state index contributed by atoms with van der Waals surface area (Å²) in [5.41, 5.74) is 8.29. The third-order valence-corrected chi connectivity index (χ3v) is 5.31. The lowest BCUT2D eigenvalue weighted by atomic mass is 9.86. The van der Waals surface area contributed by atoms with E-state index < -0.39 is 0 Å². The first-order chi connectivity index (χ1) is 11.8. The normalized spacial score (nSPS) is 11.7. The lowest BCUT2D eigenvalue weighted by Crippen LogP contribution is -2.31. The van der Waals surface area contributed by atoms with Gasteiger partial charge in [-0.15, -0.1) is 0 Å². The molecule has 0 bridgehead atoms. The molecule has 0 aliphatic heterocycles. The third-order valence-electron chi connectivity index (χ3n) is 5.31. The van der Waals surface area contributed by atoms with E-state index in [4.69, 9.17) is 0 Å². The predicted octanol–water partition coefficient (Wildman–Crippen LogP) is 6.19. The Balaban J connectivity index is 2.40. The van der Waals surface area contributed by atoms with Gasteiger partial charge in [-0.25, -0.2) is 4.57 Å². The molecule has 0 aliphatic rings. The first-order valence-electron chi connectivity index (χ1n) is 9.33. The van der Waals surface area contributed by atoms with E-state index in [2.05, 4.69) is 95.8 Å². The number of aryl methyl sites for hydroxylation is 2. The van der Waals surface area contributed by atoms with Crippen molar-refractivity contribution < 1.29 is 4.57 Å². The van der Waals surface area contributed by atoms with E-state index in [1.165, 1.54) is 44.3 Å². The van der Waals surface area contributed by atoms with Gasteiger partial charge in [-0.1, -0.05) is 51.5 Å². The van der Waals surface area contributed by atoms with E-state index in [1.807, 2.05) is 0 Å². The fourth-order valence-corrected chi connectivity index (χ4v) is 3.77. The van der Waals surface area contributed by atoms with Gasteiger partial charge in [0.05, 0.1) is 10.9 Å². The zero-order chi connectivity index (χ0) is 18.3. The summed E-state index contributed by atoms with van der Waals surface area (Å²) in [5.74, 6) is 1.05. The number of benzene rings is 2. The van der Waals surface area contributed by atoms with Crippen LogP contribution in [0.3, 0.4) is 0 Å². The van der Waals surface area contributed by atoms with Crippen LogP contribution in [-0.4, -0.2) is 0 Å². The van der Waals surface area contributed by atoms with Gasteiger partial charge in [0.1, 0.15) is 7.05 Å². The Morgan fingerprint density at radius 3 is 2.20 bits per heavy atom. The van der Waals surface area contributed by atoms with Crippen LogP contribution >= 0.6 is 0 Å². The monoisotopic (exact) mass is 332 g/mol. The number of nitrogens with zero attached hydrogens (tertiary/aromatic N) is 1. The second kappa shape index (κ2) is 6.63. The molecule has 25 heavy (non-hydrogen) atoms. The van der Waals surface area contributed by atoms with Crippen molar-refractivity contribution in [2.75, 3.05) is 0 Å². The molecule has 0 N–H and O–H groups in total. The van der Waals surface area contributed by atoms with E-state index in [1.54, 1.807) is 0 Å².